The number of carbonyl (C=O) groups excluding carboxylic acids is 2. The molecule has 0 aromatic heterocycles. The van der Waals surface area contributed by atoms with Crippen LogP contribution in [0.15, 0.2) is 29.2 Å². The van der Waals surface area contributed by atoms with Gasteiger partial charge in [-0.15, -0.1) is 11.8 Å². The number of esters is 1. The van der Waals surface area contributed by atoms with Gasteiger partial charge in [0.2, 0.25) is 0 Å². The predicted molar refractivity (Wildman–Crippen MR) is 83.5 cm³/mol. The molecule has 21 heavy (non-hydrogen) atoms. The van der Waals surface area contributed by atoms with Crippen molar-refractivity contribution in [1.82, 2.24) is 4.90 Å². The van der Waals surface area contributed by atoms with E-state index in [-0.39, 0.29) is 17.8 Å². The summed E-state index contributed by atoms with van der Waals surface area (Å²) in [4.78, 5) is 27.1. The van der Waals surface area contributed by atoms with Crippen LogP contribution < -0.4 is 0 Å². The van der Waals surface area contributed by atoms with Gasteiger partial charge in [-0.05, 0) is 38.2 Å². The molecule has 0 unspecified atom stereocenters. The predicted octanol–water partition coefficient (Wildman–Crippen LogP) is 2.82. The number of thioether (sulfide) groups is 1. The van der Waals surface area contributed by atoms with Crippen molar-refractivity contribution in [2.24, 2.45) is 5.92 Å². The van der Waals surface area contributed by atoms with Crippen LogP contribution in [0.3, 0.4) is 0 Å². The molecule has 1 amide bonds. The Kier molecular flexibility index (Phi) is 5.67. The van der Waals surface area contributed by atoms with Crippen LogP contribution >= 0.6 is 11.8 Å². The highest BCUT2D eigenvalue weighted by molar-refractivity contribution is 7.98. The Hall–Kier alpha value is -1.49. The van der Waals surface area contributed by atoms with Crippen molar-refractivity contribution in [2.45, 2.75) is 24.7 Å². The zero-order chi connectivity index (χ0) is 15.2. The van der Waals surface area contributed by atoms with Crippen molar-refractivity contribution in [3.05, 3.63) is 29.8 Å². The molecule has 1 aromatic carbocycles. The van der Waals surface area contributed by atoms with E-state index in [2.05, 4.69) is 0 Å². The molecule has 5 heteroatoms. The summed E-state index contributed by atoms with van der Waals surface area (Å²) >= 11 is 1.58. The van der Waals surface area contributed by atoms with Gasteiger partial charge in [0.1, 0.15) is 0 Å². The van der Waals surface area contributed by atoms with Crippen LogP contribution in [0.2, 0.25) is 0 Å². The minimum atomic E-state index is -0.130. The summed E-state index contributed by atoms with van der Waals surface area (Å²) < 4.78 is 5.05. The van der Waals surface area contributed by atoms with Crippen molar-refractivity contribution in [2.75, 3.05) is 26.0 Å². The maximum atomic E-state index is 12.6. The van der Waals surface area contributed by atoms with E-state index in [0.29, 0.717) is 32.5 Å². The van der Waals surface area contributed by atoms with E-state index in [1.165, 1.54) is 0 Å². The van der Waals surface area contributed by atoms with Crippen molar-refractivity contribution < 1.29 is 14.3 Å². The first-order valence-electron chi connectivity index (χ1n) is 7.26. The molecule has 0 bridgehead atoms. The van der Waals surface area contributed by atoms with Gasteiger partial charge in [-0.25, -0.2) is 0 Å². The zero-order valence-electron chi connectivity index (χ0n) is 12.5. The van der Waals surface area contributed by atoms with E-state index < -0.39 is 0 Å². The molecule has 1 aliphatic heterocycles. The number of benzene rings is 1. The van der Waals surface area contributed by atoms with Gasteiger partial charge < -0.3 is 9.64 Å². The smallest absolute Gasteiger partial charge is 0.309 e. The summed E-state index contributed by atoms with van der Waals surface area (Å²) in [5, 5.41) is 0. The molecule has 0 spiro atoms. The van der Waals surface area contributed by atoms with Gasteiger partial charge >= 0.3 is 5.97 Å². The Balaban J connectivity index is 1.99. The van der Waals surface area contributed by atoms with Gasteiger partial charge in [0, 0.05) is 18.0 Å². The highest BCUT2D eigenvalue weighted by atomic mass is 32.2. The summed E-state index contributed by atoms with van der Waals surface area (Å²) in [5.41, 5.74) is 0.750. The van der Waals surface area contributed by atoms with Crippen LogP contribution in [0, 0.1) is 5.92 Å². The fourth-order valence-corrected chi connectivity index (χ4v) is 3.16. The van der Waals surface area contributed by atoms with Crippen LogP contribution in [0.25, 0.3) is 0 Å². The fourth-order valence-electron chi connectivity index (χ4n) is 2.57. The quantitative estimate of drug-likeness (QED) is 0.634. The average molecular weight is 307 g/mol. The number of nitrogens with zero attached hydrogens (tertiary/aromatic N) is 1. The van der Waals surface area contributed by atoms with Gasteiger partial charge in [0.25, 0.3) is 5.91 Å². The average Bonchev–Trinajstić information content (AvgIpc) is 2.54. The summed E-state index contributed by atoms with van der Waals surface area (Å²) in [5.74, 6) is -0.138. The number of amides is 1. The molecule has 4 nitrogen and oxygen atoms in total. The standard InChI is InChI=1S/C16H21NO3S/c1-3-20-16(19)12-8-10-17(11-9-12)15(18)13-6-4-5-7-14(13)21-2/h4-7,12H,3,8-11H2,1-2H3. The molecule has 0 aliphatic carbocycles. The van der Waals surface area contributed by atoms with Crippen molar-refractivity contribution in [1.29, 1.82) is 0 Å². The first-order valence-corrected chi connectivity index (χ1v) is 8.48. The van der Waals surface area contributed by atoms with Gasteiger partial charge in [-0.1, -0.05) is 12.1 Å². The largest absolute Gasteiger partial charge is 0.466 e. The lowest BCUT2D eigenvalue weighted by Gasteiger charge is -2.31. The van der Waals surface area contributed by atoms with Gasteiger partial charge in [0.15, 0.2) is 0 Å². The van der Waals surface area contributed by atoms with Gasteiger partial charge in [-0.3, -0.25) is 9.59 Å². The summed E-state index contributed by atoms with van der Waals surface area (Å²) in [6.45, 7) is 3.46. The lowest BCUT2D eigenvalue weighted by atomic mass is 9.96. The number of piperidine rings is 1. The van der Waals surface area contributed by atoms with Crippen molar-refractivity contribution in [3.8, 4) is 0 Å². The summed E-state index contributed by atoms with van der Waals surface area (Å²) in [6.07, 6.45) is 3.34. The Morgan fingerprint density at radius 2 is 1.95 bits per heavy atom. The van der Waals surface area contributed by atoms with Crippen molar-refractivity contribution >= 4 is 23.6 Å². The highest BCUT2D eigenvalue weighted by Gasteiger charge is 2.29. The molecule has 1 aliphatic rings. The van der Waals surface area contributed by atoms with E-state index in [4.69, 9.17) is 4.74 Å². The summed E-state index contributed by atoms with van der Waals surface area (Å²) in [6, 6.07) is 7.66. The Morgan fingerprint density at radius 3 is 2.57 bits per heavy atom. The zero-order valence-corrected chi connectivity index (χ0v) is 13.3. The Bertz CT molecular complexity index is 510. The second-order valence-corrected chi connectivity index (χ2v) is 5.87. The van der Waals surface area contributed by atoms with Crippen LogP contribution in [0.1, 0.15) is 30.1 Å². The number of likely N-dealkylation sites (tertiary alicyclic amines) is 1. The second kappa shape index (κ2) is 7.50. The monoisotopic (exact) mass is 307 g/mol. The molecule has 1 aromatic rings. The molecule has 0 saturated carbocycles. The molecule has 2 rings (SSSR count). The van der Waals surface area contributed by atoms with Gasteiger partial charge in [-0.2, -0.15) is 0 Å². The third kappa shape index (κ3) is 3.79. The van der Waals surface area contributed by atoms with E-state index in [1.54, 1.807) is 11.8 Å². The highest BCUT2D eigenvalue weighted by Crippen LogP contribution is 2.24. The molecule has 0 N–H and O–H groups in total. The number of ether oxygens (including phenoxy) is 1. The first-order chi connectivity index (χ1) is 10.2. The Labute approximate surface area is 129 Å². The minimum absolute atomic E-state index is 0.0576. The second-order valence-electron chi connectivity index (χ2n) is 5.02. The molecular weight excluding hydrogens is 286 g/mol. The molecule has 1 fully saturated rings. The Morgan fingerprint density at radius 1 is 1.29 bits per heavy atom. The molecule has 0 atom stereocenters. The maximum absolute atomic E-state index is 12.6. The molecule has 1 saturated heterocycles. The number of carbonyl (C=O) groups is 2. The molecule has 0 radical (unpaired) electrons. The lowest BCUT2D eigenvalue weighted by Crippen LogP contribution is -2.40. The third-order valence-corrected chi connectivity index (χ3v) is 4.54. The van der Waals surface area contributed by atoms with E-state index in [0.717, 1.165) is 10.5 Å². The van der Waals surface area contributed by atoms with Gasteiger partial charge in [0.05, 0.1) is 18.1 Å². The lowest BCUT2D eigenvalue weighted by molar-refractivity contribution is -0.149. The minimum Gasteiger partial charge on any atom is -0.466 e. The number of hydrogen-bond acceptors (Lipinski definition) is 4. The van der Waals surface area contributed by atoms with Crippen LogP contribution in [-0.2, 0) is 9.53 Å². The van der Waals surface area contributed by atoms with Crippen LogP contribution in [-0.4, -0.2) is 42.7 Å². The topological polar surface area (TPSA) is 46.6 Å². The molecule has 114 valence electrons. The van der Waals surface area contributed by atoms with E-state index in [1.807, 2.05) is 42.3 Å². The number of rotatable bonds is 4. The SMILES string of the molecule is CCOC(=O)C1CCN(C(=O)c2ccccc2SC)CC1. The van der Waals surface area contributed by atoms with Crippen LogP contribution in [0.4, 0.5) is 0 Å². The van der Waals surface area contributed by atoms with Crippen molar-refractivity contribution in [3.63, 3.8) is 0 Å². The maximum Gasteiger partial charge on any atom is 0.309 e. The van der Waals surface area contributed by atoms with E-state index in [9.17, 15) is 9.59 Å². The normalized spacial score (nSPS) is 15.8. The molecule has 1 heterocycles. The third-order valence-electron chi connectivity index (χ3n) is 3.74. The summed E-state index contributed by atoms with van der Waals surface area (Å²) in [7, 11) is 0. The van der Waals surface area contributed by atoms with Crippen LogP contribution in [0.5, 0.6) is 0 Å². The van der Waals surface area contributed by atoms with E-state index >= 15 is 0 Å². The molecular formula is C16H21NO3S. The first kappa shape index (κ1) is 15.9. The fraction of sp³-hybridized carbons (Fsp3) is 0.500. The number of hydrogen-bond donors (Lipinski definition) is 0.